The summed E-state index contributed by atoms with van der Waals surface area (Å²) in [6, 6.07) is 6.89. The second kappa shape index (κ2) is 5.39. The monoisotopic (exact) mass is 268 g/mol. The molecular formula is C13H10Cl2O2. The lowest BCUT2D eigenvalue weighted by Crippen LogP contribution is -2.08. The largest absolute Gasteiger partial charge is 0.462 e. The van der Waals surface area contributed by atoms with Crippen molar-refractivity contribution < 1.29 is 9.53 Å². The lowest BCUT2D eigenvalue weighted by atomic mass is 10.1. The number of halogens is 2. The summed E-state index contributed by atoms with van der Waals surface area (Å²) in [6.45, 7) is 0. The topological polar surface area (TPSA) is 26.3 Å². The van der Waals surface area contributed by atoms with Crippen LogP contribution in [0.2, 0.25) is 0 Å². The summed E-state index contributed by atoms with van der Waals surface area (Å²) >= 11 is 11.9. The Morgan fingerprint density at radius 2 is 1.94 bits per heavy atom. The van der Waals surface area contributed by atoms with Crippen LogP contribution in [-0.2, 0) is 0 Å². The van der Waals surface area contributed by atoms with Crippen LogP contribution in [0.3, 0.4) is 0 Å². The molecule has 0 saturated carbocycles. The van der Waals surface area contributed by atoms with Crippen LogP contribution in [0.15, 0.2) is 47.2 Å². The molecule has 88 valence electrons. The SMILES string of the molecule is O=Cc1ccc(OC2=CC=C(Cl)C(Cl)C2)cc1. The van der Waals surface area contributed by atoms with E-state index in [0.29, 0.717) is 22.8 Å². The van der Waals surface area contributed by atoms with E-state index in [1.165, 1.54) is 0 Å². The van der Waals surface area contributed by atoms with E-state index in [2.05, 4.69) is 0 Å². The first kappa shape index (κ1) is 12.2. The molecule has 0 heterocycles. The molecule has 1 aliphatic carbocycles. The first-order valence-electron chi connectivity index (χ1n) is 5.12. The third-order valence-corrected chi connectivity index (χ3v) is 3.26. The number of benzene rings is 1. The van der Waals surface area contributed by atoms with Gasteiger partial charge in [-0.2, -0.15) is 0 Å². The van der Waals surface area contributed by atoms with Crippen molar-refractivity contribution in [1.29, 1.82) is 0 Å². The molecule has 1 aromatic rings. The van der Waals surface area contributed by atoms with Crippen LogP contribution in [0.4, 0.5) is 0 Å². The summed E-state index contributed by atoms with van der Waals surface area (Å²) in [5.41, 5.74) is 0.619. The highest BCUT2D eigenvalue weighted by atomic mass is 35.5. The van der Waals surface area contributed by atoms with E-state index in [0.717, 1.165) is 12.0 Å². The van der Waals surface area contributed by atoms with Crippen LogP contribution < -0.4 is 4.74 Å². The third-order valence-electron chi connectivity index (χ3n) is 2.37. The molecule has 0 N–H and O–H groups in total. The molecule has 4 heteroatoms. The first-order valence-corrected chi connectivity index (χ1v) is 5.94. The Labute approximate surface area is 109 Å². The molecule has 0 bridgehead atoms. The molecule has 1 atom stereocenters. The number of ether oxygens (including phenoxy) is 1. The molecule has 17 heavy (non-hydrogen) atoms. The molecule has 0 amide bonds. The van der Waals surface area contributed by atoms with Crippen LogP contribution in [0.5, 0.6) is 5.75 Å². The number of aldehydes is 1. The van der Waals surface area contributed by atoms with Gasteiger partial charge >= 0.3 is 0 Å². The Bertz CT molecular complexity index is 475. The lowest BCUT2D eigenvalue weighted by Gasteiger charge is -2.16. The van der Waals surface area contributed by atoms with Crippen LogP contribution >= 0.6 is 23.2 Å². The van der Waals surface area contributed by atoms with Crippen LogP contribution in [-0.4, -0.2) is 11.7 Å². The highest BCUT2D eigenvalue weighted by Crippen LogP contribution is 2.28. The molecular weight excluding hydrogens is 259 g/mol. The first-order chi connectivity index (χ1) is 8.19. The van der Waals surface area contributed by atoms with E-state index in [-0.39, 0.29) is 5.38 Å². The van der Waals surface area contributed by atoms with Gasteiger partial charge in [0, 0.05) is 17.0 Å². The third kappa shape index (κ3) is 3.11. The fourth-order valence-corrected chi connectivity index (χ4v) is 1.83. The minimum atomic E-state index is -0.231. The summed E-state index contributed by atoms with van der Waals surface area (Å²) in [5, 5.41) is 0.390. The van der Waals surface area contributed by atoms with Gasteiger partial charge in [0.05, 0.1) is 5.38 Å². The van der Waals surface area contributed by atoms with E-state index < -0.39 is 0 Å². The maximum atomic E-state index is 10.5. The van der Waals surface area contributed by atoms with Crippen molar-refractivity contribution in [2.75, 3.05) is 0 Å². The summed E-state index contributed by atoms with van der Waals surface area (Å²) < 4.78 is 5.63. The highest BCUT2D eigenvalue weighted by Gasteiger charge is 2.16. The Kier molecular flexibility index (Phi) is 3.87. The quantitative estimate of drug-likeness (QED) is 0.614. The number of rotatable bonds is 3. The van der Waals surface area contributed by atoms with Gasteiger partial charge in [-0.3, -0.25) is 4.79 Å². The molecule has 1 aliphatic rings. The number of hydrogen-bond donors (Lipinski definition) is 0. The lowest BCUT2D eigenvalue weighted by molar-refractivity contribution is 0.112. The van der Waals surface area contributed by atoms with E-state index in [9.17, 15) is 4.79 Å². The second-order valence-corrected chi connectivity index (χ2v) is 4.61. The van der Waals surface area contributed by atoms with E-state index >= 15 is 0 Å². The molecule has 0 saturated heterocycles. The summed E-state index contributed by atoms with van der Waals surface area (Å²) in [6.07, 6.45) is 4.89. The van der Waals surface area contributed by atoms with Gasteiger partial charge in [0.25, 0.3) is 0 Å². The van der Waals surface area contributed by atoms with Gasteiger partial charge in [0.2, 0.25) is 0 Å². The van der Waals surface area contributed by atoms with Gasteiger partial charge in [-0.15, -0.1) is 11.6 Å². The van der Waals surface area contributed by atoms with Gasteiger partial charge in [-0.25, -0.2) is 0 Å². The van der Waals surface area contributed by atoms with Crippen LogP contribution in [0, 0.1) is 0 Å². The predicted molar refractivity (Wildman–Crippen MR) is 68.7 cm³/mol. The van der Waals surface area contributed by atoms with Crippen molar-refractivity contribution in [3.05, 3.63) is 52.8 Å². The maximum Gasteiger partial charge on any atom is 0.150 e. The minimum Gasteiger partial charge on any atom is -0.462 e. The number of carbonyl (C=O) groups excluding carboxylic acids is 1. The Hall–Kier alpha value is -1.25. The molecule has 2 rings (SSSR count). The smallest absolute Gasteiger partial charge is 0.150 e. The highest BCUT2D eigenvalue weighted by molar-refractivity contribution is 6.37. The molecule has 0 aromatic heterocycles. The van der Waals surface area contributed by atoms with Gasteiger partial charge in [0.1, 0.15) is 17.8 Å². The van der Waals surface area contributed by atoms with E-state index in [1.807, 2.05) is 0 Å². The molecule has 1 unspecified atom stereocenters. The van der Waals surface area contributed by atoms with Gasteiger partial charge in [-0.05, 0) is 36.4 Å². The standard InChI is InChI=1S/C13H10Cl2O2/c14-12-6-5-11(7-13(12)15)17-10-3-1-9(8-16)2-4-10/h1-6,8,13H,7H2. The molecule has 1 aromatic carbocycles. The summed E-state index contributed by atoms with van der Waals surface area (Å²) in [5.74, 6) is 1.44. The molecule has 0 aliphatic heterocycles. The molecule has 2 nitrogen and oxygen atoms in total. The van der Waals surface area contributed by atoms with E-state index in [1.54, 1.807) is 36.4 Å². The maximum absolute atomic E-state index is 10.5. The Morgan fingerprint density at radius 1 is 1.24 bits per heavy atom. The summed E-state index contributed by atoms with van der Waals surface area (Å²) in [4.78, 5) is 10.5. The summed E-state index contributed by atoms with van der Waals surface area (Å²) in [7, 11) is 0. The van der Waals surface area contributed by atoms with Crippen molar-refractivity contribution in [2.45, 2.75) is 11.8 Å². The zero-order valence-corrected chi connectivity index (χ0v) is 10.4. The minimum absolute atomic E-state index is 0.231. The van der Waals surface area contributed by atoms with Crippen molar-refractivity contribution in [2.24, 2.45) is 0 Å². The van der Waals surface area contributed by atoms with Gasteiger partial charge in [0.15, 0.2) is 0 Å². The average Bonchev–Trinajstić information content (AvgIpc) is 2.35. The zero-order chi connectivity index (χ0) is 12.3. The molecule has 0 fully saturated rings. The fourth-order valence-electron chi connectivity index (χ4n) is 1.46. The van der Waals surface area contributed by atoms with Gasteiger partial charge < -0.3 is 4.74 Å². The average molecular weight is 269 g/mol. The number of carbonyl (C=O) groups is 1. The van der Waals surface area contributed by atoms with E-state index in [4.69, 9.17) is 27.9 Å². The number of allylic oxidation sites excluding steroid dienone is 4. The normalized spacial score (nSPS) is 19.3. The van der Waals surface area contributed by atoms with Gasteiger partial charge in [-0.1, -0.05) is 11.6 Å². The van der Waals surface area contributed by atoms with Crippen molar-refractivity contribution in [1.82, 2.24) is 0 Å². The molecule has 0 spiro atoms. The number of alkyl halides is 1. The Balaban J connectivity index is 2.08. The fraction of sp³-hybridized carbons (Fsp3) is 0.154. The van der Waals surface area contributed by atoms with Crippen molar-refractivity contribution in [3.63, 3.8) is 0 Å². The Morgan fingerprint density at radius 3 is 2.53 bits per heavy atom. The molecule has 0 radical (unpaired) electrons. The van der Waals surface area contributed by atoms with Crippen molar-refractivity contribution >= 4 is 29.5 Å². The zero-order valence-electron chi connectivity index (χ0n) is 8.90. The second-order valence-electron chi connectivity index (χ2n) is 3.65. The number of hydrogen-bond acceptors (Lipinski definition) is 2. The van der Waals surface area contributed by atoms with Crippen molar-refractivity contribution in [3.8, 4) is 5.75 Å². The van der Waals surface area contributed by atoms with Crippen LogP contribution in [0.25, 0.3) is 0 Å². The predicted octanol–water partition coefficient (Wildman–Crippen LogP) is 3.90. The van der Waals surface area contributed by atoms with Crippen LogP contribution in [0.1, 0.15) is 16.8 Å².